The minimum absolute atomic E-state index is 0.138. The van der Waals surface area contributed by atoms with Crippen LogP contribution in [0.5, 0.6) is 5.75 Å². The highest BCUT2D eigenvalue weighted by molar-refractivity contribution is 5.91. The lowest BCUT2D eigenvalue weighted by Gasteiger charge is -2.10. The van der Waals surface area contributed by atoms with E-state index >= 15 is 0 Å². The van der Waals surface area contributed by atoms with Crippen LogP contribution >= 0.6 is 0 Å². The van der Waals surface area contributed by atoms with Gasteiger partial charge in [-0.1, -0.05) is 47.7 Å². The van der Waals surface area contributed by atoms with Gasteiger partial charge in [-0.3, -0.25) is 4.79 Å². The molecule has 1 N–H and O–H groups in total. The van der Waals surface area contributed by atoms with Crippen molar-refractivity contribution in [1.29, 1.82) is 0 Å². The normalized spacial score (nSPS) is 10.7. The number of nitrogens with one attached hydrogen (secondary N) is 1. The molecule has 2 aromatic carbocycles. The number of aromatic nitrogens is 3. The Morgan fingerprint density at radius 1 is 1.08 bits per heavy atom. The quantitative estimate of drug-likeness (QED) is 0.711. The molecule has 1 amide bonds. The molecule has 0 spiro atoms. The molecule has 3 rings (SSSR count). The molecule has 3 aromatic rings. The molecule has 0 aliphatic heterocycles. The summed E-state index contributed by atoms with van der Waals surface area (Å²) in [5, 5.41) is 10.8. The number of carbonyl (C=O) groups is 1. The van der Waals surface area contributed by atoms with Crippen LogP contribution in [0.3, 0.4) is 0 Å². The first kappa shape index (κ1) is 17.7. The van der Waals surface area contributed by atoms with E-state index in [4.69, 9.17) is 4.74 Å². The topological polar surface area (TPSA) is 69.0 Å². The Morgan fingerprint density at radius 2 is 1.81 bits per heavy atom. The third-order valence-corrected chi connectivity index (χ3v) is 3.71. The molecule has 0 atom stereocenters. The summed E-state index contributed by atoms with van der Waals surface area (Å²) in [6, 6.07) is 17.6. The lowest BCUT2D eigenvalue weighted by molar-refractivity contribution is 0.0946. The van der Waals surface area contributed by atoms with Crippen LogP contribution in [0.4, 0.5) is 0 Å². The average molecular weight is 350 g/mol. The Morgan fingerprint density at radius 3 is 2.50 bits per heavy atom. The van der Waals surface area contributed by atoms with Crippen LogP contribution in [0.1, 0.15) is 35.5 Å². The molecule has 26 heavy (non-hydrogen) atoms. The molecule has 1 heterocycles. The van der Waals surface area contributed by atoms with Crippen LogP contribution in [0.15, 0.2) is 60.8 Å². The SMILES string of the molecule is CC(C)Oc1ccc(CNC(=O)c2cn(Cc3ccccc3)nn2)cc1. The highest BCUT2D eigenvalue weighted by Crippen LogP contribution is 2.13. The van der Waals surface area contributed by atoms with Crippen LogP contribution in [0.25, 0.3) is 0 Å². The zero-order valence-electron chi connectivity index (χ0n) is 14.9. The van der Waals surface area contributed by atoms with Crippen molar-refractivity contribution in [3.63, 3.8) is 0 Å². The first-order valence-corrected chi connectivity index (χ1v) is 8.58. The fourth-order valence-electron chi connectivity index (χ4n) is 2.48. The molecular weight excluding hydrogens is 328 g/mol. The van der Waals surface area contributed by atoms with Gasteiger partial charge in [-0.25, -0.2) is 4.68 Å². The van der Waals surface area contributed by atoms with Crippen LogP contribution < -0.4 is 10.1 Å². The molecular formula is C20H22N4O2. The largest absolute Gasteiger partial charge is 0.491 e. The number of benzene rings is 2. The number of carbonyl (C=O) groups excluding carboxylic acids is 1. The molecule has 0 unspecified atom stereocenters. The van der Waals surface area contributed by atoms with Crippen molar-refractivity contribution in [2.45, 2.75) is 33.0 Å². The molecule has 0 saturated heterocycles. The maximum Gasteiger partial charge on any atom is 0.273 e. The van der Waals surface area contributed by atoms with Gasteiger partial charge in [-0.05, 0) is 37.1 Å². The summed E-state index contributed by atoms with van der Waals surface area (Å²) in [7, 11) is 0. The number of hydrogen-bond donors (Lipinski definition) is 1. The first-order chi connectivity index (χ1) is 12.6. The van der Waals surface area contributed by atoms with E-state index in [9.17, 15) is 4.79 Å². The number of rotatable bonds is 7. The predicted octanol–water partition coefficient (Wildman–Crippen LogP) is 3.04. The van der Waals surface area contributed by atoms with Gasteiger partial charge in [0, 0.05) is 6.54 Å². The third kappa shape index (κ3) is 4.92. The maximum atomic E-state index is 12.2. The van der Waals surface area contributed by atoms with Gasteiger partial charge in [0.2, 0.25) is 0 Å². The molecule has 1 aromatic heterocycles. The summed E-state index contributed by atoms with van der Waals surface area (Å²) in [5.41, 5.74) is 2.40. The van der Waals surface area contributed by atoms with Gasteiger partial charge in [0.05, 0.1) is 18.8 Å². The first-order valence-electron chi connectivity index (χ1n) is 8.58. The van der Waals surface area contributed by atoms with Gasteiger partial charge < -0.3 is 10.1 Å². The molecule has 0 aliphatic carbocycles. The highest BCUT2D eigenvalue weighted by atomic mass is 16.5. The van der Waals surface area contributed by atoms with Crippen LogP contribution in [0, 0.1) is 0 Å². The maximum absolute atomic E-state index is 12.2. The van der Waals surface area contributed by atoms with Crippen LogP contribution in [-0.4, -0.2) is 27.0 Å². The van der Waals surface area contributed by atoms with E-state index in [1.807, 2.05) is 68.4 Å². The van der Waals surface area contributed by atoms with Crippen molar-refractivity contribution < 1.29 is 9.53 Å². The van der Waals surface area contributed by atoms with E-state index in [0.717, 1.165) is 16.9 Å². The van der Waals surface area contributed by atoms with Gasteiger partial charge in [-0.2, -0.15) is 0 Å². The van der Waals surface area contributed by atoms with E-state index in [1.54, 1.807) is 10.9 Å². The summed E-state index contributed by atoms with van der Waals surface area (Å²) in [5.74, 6) is 0.575. The summed E-state index contributed by atoms with van der Waals surface area (Å²) in [6.07, 6.45) is 1.79. The summed E-state index contributed by atoms with van der Waals surface area (Å²) in [6.45, 7) is 4.98. The Hall–Kier alpha value is -3.15. The van der Waals surface area contributed by atoms with Gasteiger partial charge in [0.1, 0.15) is 5.75 Å². The smallest absolute Gasteiger partial charge is 0.273 e. The van der Waals surface area contributed by atoms with Crippen molar-refractivity contribution in [1.82, 2.24) is 20.3 Å². The van der Waals surface area contributed by atoms with Gasteiger partial charge in [0.15, 0.2) is 5.69 Å². The van der Waals surface area contributed by atoms with Crippen LogP contribution in [-0.2, 0) is 13.1 Å². The van der Waals surface area contributed by atoms with Crippen molar-refractivity contribution in [3.8, 4) is 5.75 Å². The minimum Gasteiger partial charge on any atom is -0.491 e. The lowest BCUT2D eigenvalue weighted by Crippen LogP contribution is -2.23. The van der Waals surface area contributed by atoms with E-state index in [0.29, 0.717) is 18.8 Å². The van der Waals surface area contributed by atoms with Crippen molar-refractivity contribution in [2.75, 3.05) is 0 Å². The molecule has 0 bridgehead atoms. The van der Waals surface area contributed by atoms with E-state index < -0.39 is 0 Å². The monoisotopic (exact) mass is 350 g/mol. The van der Waals surface area contributed by atoms with Gasteiger partial charge in [0.25, 0.3) is 5.91 Å². The summed E-state index contributed by atoms with van der Waals surface area (Å²) in [4.78, 5) is 12.2. The second kappa shape index (κ2) is 8.29. The number of ether oxygens (including phenoxy) is 1. The van der Waals surface area contributed by atoms with Crippen molar-refractivity contribution >= 4 is 5.91 Å². The molecule has 6 heteroatoms. The highest BCUT2D eigenvalue weighted by Gasteiger charge is 2.10. The lowest BCUT2D eigenvalue weighted by atomic mass is 10.2. The molecule has 0 fully saturated rings. The second-order valence-corrected chi connectivity index (χ2v) is 6.28. The minimum atomic E-state index is -0.244. The predicted molar refractivity (Wildman–Crippen MR) is 98.9 cm³/mol. The summed E-state index contributed by atoms with van der Waals surface area (Å²) >= 11 is 0. The average Bonchev–Trinajstić information content (AvgIpc) is 3.10. The van der Waals surface area contributed by atoms with Crippen molar-refractivity contribution in [3.05, 3.63) is 77.6 Å². The van der Waals surface area contributed by atoms with E-state index in [1.165, 1.54) is 0 Å². The number of amides is 1. The Bertz CT molecular complexity index is 842. The molecule has 6 nitrogen and oxygen atoms in total. The zero-order chi connectivity index (χ0) is 18.4. The summed E-state index contributed by atoms with van der Waals surface area (Å²) < 4.78 is 7.26. The molecule has 0 aliphatic rings. The third-order valence-electron chi connectivity index (χ3n) is 3.71. The Balaban J connectivity index is 1.53. The van der Waals surface area contributed by atoms with Gasteiger partial charge >= 0.3 is 0 Å². The van der Waals surface area contributed by atoms with Gasteiger partial charge in [-0.15, -0.1) is 5.10 Å². The molecule has 134 valence electrons. The Kier molecular flexibility index (Phi) is 5.63. The van der Waals surface area contributed by atoms with Crippen LogP contribution in [0.2, 0.25) is 0 Å². The van der Waals surface area contributed by atoms with E-state index in [2.05, 4.69) is 15.6 Å². The molecule has 0 radical (unpaired) electrons. The Labute approximate surface area is 152 Å². The fourth-order valence-corrected chi connectivity index (χ4v) is 2.48. The number of nitrogens with zero attached hydrogens (tertiary/aromatic N) is 3. The standard InChI is InChI=1S/C20H22N4O2/c1-15(2)26-18-10-8-16(9-11-18)12-21-20(25)19-14-24(23-22-19)13-17-6-4-3-5-7-17/h3-11,14-15H,12-13H2,1-2H3,(H,21,25). The van der Waals surface area contributed by atoms with E-state index in [-0.39, 0.29) is 12.0 Å². The van der Waals surface area contributed by atoms with Crippen molar-refractivity contribution in [2.24, 2.45) is 0 Å². The fraction of sp³-hybridized carbons (Fsp3) is 0.250. The zero-order valence-corrected chi connectivity index (χ0v) is 14.9. The molecule has 0 saturated carbocycles. The number of hydrogen-bond acceptors (Lipinski definition) is 4. The second-order valence-electron chi connectivity index (χ2n) is 6.28.